The van der Waals surface area contributed by atoms with Crippen LogP contribution in [0.15, 0.2) is 0 Å². The Morgan fingerprint density at radius 3 is 0.400 bits per heavy atom. The van der Waals surface area contributed by atoms with Gasteiger partial charge in [0.1, 0.15) is 0 Å². The molecular formula is C6H34N2O24P8. The molecule has 0 unspecified atom stereocenters. The average Bonchev–Trinajstić information content (AvgIpc) is 2.31. The Kier molecular flexibility index (Phi) is 28.1. The van der Waals surface area contributed by atoms with Crippen LogP contribution >= 0.6 is 60.8 Å². The predicted molar refractivity (Wildman–Crippen MR) is 136 cm³/mol. The van der Waals surface area contributed by atoms with Crippen LogP contribution in [-0.4, -0.2) is 108 Å². The third-order valence-electron chi connectivity index (χ3n) is 1.47. The Morgan fingerprint density at radius 2 is 0.400 bits per heavy atom. The lowest BCUT2D eigenvalue weighted by Crippen LogP contribution is -1.88. The van der Waals surface area contributed by atoms with Crippen LogP contribution < -0.4 is 11.9 Å². The van der Waals surface area contributed by atoms with Gasteiger partial charge in [-0.1, -0.05) is 6.92 Å². The molecule has 252 valence electrons. The first-order valence-electron chi connectivity index (χ1n) is 8.31. The second-order valence-corrected chi connectivity index (χ2v) is 21.5. The monoisotopic (exact) mass is 766 g/mol. The van der Waals surface area contributed by atoms with Gasteiger partial charge in [0.25, 0.3) is 0 Å². The van der Waals surface area contributed by atoms with Crippen LogP contribution in [0.5, 0.6) is 0 Å². The van der Waals surface area contributed by atoms with Crippen LogP contribution in [0.3, 0.4) is 0 Å². The largest absolute Gasteiger partial charge is 0.344 e. The minimum atomic E-state index is -4.55. The maximum atomic E-state index is 9.85. The van der Waals surface area contributed by atoms with Crippen LogP contribution in [0.25, 0.3) is 0 Å². The molecule has 0 bridgehead atoms. The molecule has 26 nitrogen and oxygen atoms in total. The standard InChI is InChI=1S/C2H7N.4CH6O6P2.H3N/c1-2-3;4*2-8(3,4)1-9(5,6)7;/h2-3H2,1H3;4*1H2,(H2,2,3,4)(H2,5,6,7);1H3. The normalized spacial score (nSPS) is 12.8. The first-order valence-corrected chi connectivity index (χ1v) is 22.7. The molecule has 0 saturated carbocycles. The molecule has 0 amide bonds. The quantitative estimate of drug-likeness (QED) is 0.112. The topological polar surface area (TPSA) is 521 Å². The van der Waals surface area contributed by atoms with Crippen molar-refractivity contribution in [2.24, 2.45) is 5.73 Å². The van der Waals surface area contributed by atoms with Crippen molar-refractivity contribution in [3.63, 3.8) is 0 Å². The molecule has 0 atom stereocenters. The van der Waals surface area contributed by atoms with Crippen LogP contribution in [0, 0.1) is 0 Å². The number of hydrogen-bond donors (Lipinski definition) is 18. The maximum absolute atomic E-state index is 9.85. The van der Waals surface area contributed by atoms with Gasteiger partial charge in [-0.25, -0.2) is 0 Å². The molecule has 0 aliphatic heterocycles. The zero-order valence-electron chi connectivity index (χ0n) is 19.8. The zero-order valence-corrected chi connectivity index (χ0v) is 27.0. The van der Waals surface area contributed by atoms with Gasteiger partial charge in [0, 0.05) is 0 Å². The van der Waals surface area contributed by atoms with E-state index in [1.807, 2.05) is 6.92 Å². The summed E-state index contributed by atoms with van der Waals surface area (Å²) in [7, 11) is -36.4. The highest BCUT2D eigenvalue weighted by molar-refractivity contribution is 7.70. The lowest BCUT2D eigenvalue weighted by Gasteiger charge is -2.03. The molecule has 0 aliphatic rings. The molecule has 40 heavy (non-hydrogen) atoms. The molecule has 21 N–H and O–H groups in total. The van der Waals surface area contributed by atoms with Crippen LogP contribution in [0.4, 0.5) is 0 Å². The Bertz CT molecular complexity index is 807. The van der Waals surface area contributed by atoms with E-state index in [-0.39, 0.29) is 6.15 Å². The first kappa shape index (κ1) is 53.7. The van der Waals surface area contributed by atoms with E-state index < -0.39 is 84.4 Å². The Hall–Kier alpha value is 1.12. The third kappa shape index (κ3) is 90.1. The molecule has 0 heterocycles. The van der Waals surface area contributed by atoms with Gasteiger partial charge >= 0.3 is 60.8 Å². The summed E-state index contributed by atoms with van der Waals surface area (Å²) in [6.07, 6.45) is 0. The summed E-state index contributed by atoms with van der Waals surface area (Å²) in [4.78, 5) is 128. The van der Waals surface area contributed by atoms with E-state index in [1.165, 1.54) is 0 Å². The average molecular weight is 766 g/mol. The summed E-state index contributed by atoms with van der Waals surface area (Å²) in [5.74, 6) is -5.50. The van der Waals surface area contributed by atoms with E-state index in [4.69, 9.17) is 84.0 Å². The summed E-state index contributed by atoms with van der Waals surface area (Å²) >= 11 is 0. The smallest absolute Gasteiger partial charge is 0.337 e. The maximum Gasteiger partial charge on any atom is 0.337 e. The molecule has 0 aromatic carbocycles. The van der Waals surface area contributed by atoms with Gasteiger partial charge in [-0.3, -0.25) is 36.5 Å². The van der Waals surface area contributed by atoms with Crippen LogP contribution in [-0.2, 0) is 36.5 Å². The first-order chi connectivity index (χ1) is 16.2. The fourth-order valence-electron chi connectivity index (χ4n) is 0.960. The molecule has 0 aliphatic carbocycles. The number of hydrogen-bond acceptors (Lipinski definition) is 10. The third-order valence-corrected chi connectivity index (χ3v) is 13.3. The summed E-state index contributed by atoms with van der Waals surface area (Å²) in [5.41, 5.74) is 4.85. The molecule has 0 aromatic heterocycles. The van der Waals surface area contributed by atoms with Crippen LogP contribution in [0.2, 0.25) is 0 Å². The summed E-state index contributed by atoms with van der Waals surface area (Å²) in [6, 6.07) is 0. The molecule has 0 saturated heterocycles. The van der Waals surface area contributed by atoms with Crippen molar-refractivity contribution in [3.05, 3.63) is 0 Å². The Labute approximate surface area is 224 Å². The fraction of sp³-hybridized carbons (Fsp3) is 1.00. The van der Waals surface area contributed by atoms with Gasteiger partial charge in [0.2, 0.25) is 0 Å². The highest BCUT2D eigenvalue weighted by Crippen LogP contribution is 2.53. The van der Waals surface area contributed by atoms with E-state index in [2.05, 4.69) is 0 Å². The molecule has 0 aromatic rings. The highest BCUT2D eigenvalue weighted by atomic mass is 31.3. The minimum absolute atomic E-state index is 0. The van der Waals surface area contributed by atoms with Crippen molar-refractivity contribution < 1.29 is 115 Å². The Balaban J connectivity index is -0.0000000923. The summed E-state index contributed by atoms with van der Waals surface area (Å²) in [6.45, 7) is 2.65. The van der Waals surface area contributed by atoms with Crippen molar-refractivity contribution in [2.45, 2.75) is 6.92 Å². The van der Waals surface area contributed by atoms with Gasteiger partial charge in [-0.2, -0.15) is 0 Å². The van der Waals surface area contributed by atoms with Crippen molar-refractivity contribution in [3.8, 4) is 0 Å². The van der Waals surface area contributed by atoms with Gasteiger partial charge in [-0.15, -0.1) is 0 Å². The highest BCUT2D eigenvalue weighted by Gasteiger charge is 2.28. The molecule has 0 fully saturated rings. The SMILES string of the molecule is CCN.N.O=P(O)(O)CP(=O)(O)O.O=P(O)(O)CP(=O)(O)O.O=P(O)(O)CP(=O)(O)O.O=P(O)(O)CP(=O)(O)O. The van der Waals surface area contributed by atoms with Crippen molar-refractivity contribution in [2.75, 3.05) is 30.2 Å². The number of rotatable bonds is 8. The summed E-state index contributed by atoms with van der Waals surface area (Å²) < 4.78 is 78.8. The lowest BCUT2D eigenvalue weighted by molar-refractivity contribution is 0.352. The van der Waals surface area contributed by atoms with Crippen molar-refractivity contribution in [1.82, 2.24) is 6.15 Å². The predicted octanol–water partition coefficient (Wildman–Crippen LogP) is -2.68. The minimum Gasteiger partial charge on any atom is -0.344 e. The lowest BCUT2D eigenvalue weighted by atomic mass is 10.8. The molecule has 0 rings (SSSR count). The van der Waals surface area contributed by atoms with E-state index in [0.29, 0.717) is 0 Å². The fourth-order valence-corrected chi connectivity index (χ4v) is 8.64. The molecule has 0 radical (unpaired) electrons. The molecule has 34 heteroatoms. The van der Waals surface area contributed by atoms with E-state index in [9.17, 15) is 36.5 Å². The number of nitrogens with two attached hydrogens (primary N) is 1. The second-order valence-electron chi connectivity index (χ2n) is 6.29. The molecule has 0 spiro atoms. The van der Waals surface area contributed by atoms with E-state index in [0.717, 1.165) is 6.54 Å². The van der Waals surface area contributed by atoms with Gasteiger partial charge in [0.05, 0.1) is 0 Å². The van der Waals surface area contributed by atoms with Crippen molar-refractivity contribution >= 4 is 60.8 Å². The zero-order chi connectivity index (χ0) is 33.5. The second kappa shape index (κ2) is 21.0. The summed E-state index contributed by atoms with van der Waals surface area (Å²) in [5, 5.41) is 0. The van der Waals surface area contributed by atoms with Crippen molar-refractivity contribution in [1.29, 1.82) is 0 Å². The van der Waals surface area contributed by atoms with E-state index in [1.54, 1.807) is 0 Å². The van der Waals surface area contributed by atoms with Crippen LogP contribution in [0.1, 0.15) is 6.92 Å². The van der Waals surface area contributed by atoms with E-state index >= 15 is 0 Å². The van der Waals surface area contributed by atoms with Gasteiger partial charge in [-0.05, 0) is 6.54 Å². The Morgan fingerprint density at radius 1 is 0.350 bits per heavy atom. The van der Waals surface area contributed by atoms with Gasteiger partial charge < -0.3 is 90.2 Å². The van der Waals surface area contributed by atoms with Gasteiger partial charge in [0.15, 0.2) is 23.6 Å². The molecular weight excluding hydrogens is 732 g/mol.